The molecule has 1 fully saturated rings. The minimum atomic E-state index is -0.282. The van der Waals surface area contributed by atoms with E-state index in [0.29, 0.717) is 10.3 Å². The van der Waals surface area contributed by atoms with Gasteiger partial charge in [0.1, 0.15) is 5.75 Å². The zero-order valence-corrected chi connectivity index (χ0v) is 15.6. The second-order valence-electron chi connectivity index (χ2n) is 5.58. The molecule has 130 valence electrons. The minimum Gasteiger partial charge on any atom is -0.484 e. The zero-order chi connectivity index (χ0) is 17.5. The smallest absolute Gasteiger partial charge is 0.277 e. The molecule has 2 aromatic rings. The minimum absolute atomic E-state index is 0.0581. The molecular formula is C19H20N2O2S2. The summed E-state index contributed by atoms with van der Waals surface area (Å²) in [5.41, 5.74) is 5.86. The van der Waals surface area contributed by atoms with Gasteiger partial charge in [-0.15, -0.1) is 23.5 Å². The monoisotopic (exact) mass is 372 g/mol. The van der Waals surface area contributed by atoms with Gasteiger partial charge in [-0.2, -0.15) is 5.10 Å². The number of rotatable bonds is 6. The molecule has 0 spiro atoms. The van der Waals surface area contributed by atoms with Gasteiger partial charge >= 0.3 is 0 Å². The number of thioether (sulfide) groups is 2. The highest BCUT2D eigenvalue weighted by atomic mass is 32.2. The molecule has 6 heteroatoms. The van der Waals surface area contributed by atoms with Gasteiger partial charge in [-0.3, -0.25) is 4.79 Å². The van der Waals surface area contributed by atoms with Crippen LogP contribution in [0.25, 0.3) is 0 Å². The van der Waals surface area contributed by atoms with E-state index in [9.17, 15) is 4.79 Å². The van der Waals surface area contributed by atoms with Crippen LogP contribution in [0.15, 0.2) is 53.6 Å². The predicted molar refractivity (Wildman–Crippen MR) is 107 cm³/mol. The Hall–Kier alpha value is -1.92. The van der Waals surface area contributed by atoms with Crippen molar-refractivity contribution < 1.29 is 9.53 Å². The van der Waals surface area contributed by atoms with E-state index in [2.05, 4.69) is 22.7 Å². The van der Waals surface area contributed by atoms with E-state index >= 15 is 0 Å². The van der Waals surface area contributed by atoms with Crippen LogP contribution >= 0.6 is 23.5 Å². The van der Waals surface area contributed by atoms with E-state index in [1.165, 1.54) is 17.1 Å². The summed E-state index contributed by atoms with van der Waals surface area (Å²) in [6, 6.07) is 15.8. The lowest BCUT2D eigenvalue weighted by Gasteiger charge is -2.10. The van der Waals surface area contributed by atoms with Crippen LogP contribution in [0.2, 0.25) is 0 Å². The van der Waals surface area contributed by atoms with E-state index < -0.39 is 0 Å². The van der Waals surface area contributed by atoms with Crippen molar-refractivity contribution in [2.75, 3.05) is 18.1 Å². The van der Waals surface area contributed by atoms with Gasteiger partial charge in [0.25, 0.3) is 5.91 Å². The van der Waals surface area contributed by atoms with Gasteiger partial charge in [0.15, 0.2) is 6.61 Å². The second kappa shape index (κ2) is 8.97. The number of carbonyl (C=O) groups is 1. The maximum atomic E-state index is 11.8. The van der Waals surface area contributed by atoms with E-state index in [0.717, 1.165) is 11.1 Å². The first kappa shape index (κ1) is 17.9. The number of benzene rings is 2. The molecule has 0 atom stereocenters. The average molecular weight is 373 g/mol. The molecule has 1 aliphatic rings. The molecule has 1 heterocycles. The largest absolute Gasteiger partial charge is 0.484 e. The van der Waals surface area contributed by atoms with Gasteiger partial charge < -0.3 is 4.74 Å². The van der Waals surface area contributed by atoms with Crippen LogP contribution in [0, 0.1) is 6.92 Å². The third-order valence-corrected chi connectivity index (χ3v) is 6.83. The molecule has 0 aromatic heterocycles. The Kier molecular flexibility index (Phi) is 6.42. The van der Waals surface area contributed by atoms with Crippen molar-refractivity contribution in [1.82, 2.24) is 5.43 Å². The molecule has 4 nitrogen and oxygen atoms in total. The van der Waals surface area contributed by atoms with Gasteiger partial charge in [-0.25, -0.2) is 5.43 Å². The van der Waals surface area contributed by atoms with Crippen molar-refractivity contribution in [3.8, 4) is 5.75 Å². The molecule has 1 amide bonds. The SMILES string of the molecule is Cc1ccccc1/C=N\NC(=O)COc1ccc(C2SCCS2)cc1. The van der Waals surface area contributed by atoms with E-state index in [-0.39, 0.29) is 12.5 Å². The fraction of sp³-hybridized carbons (Fsp3) is 0.263. The number of carbonyl (C=O) groups excluding carboxylic acids is 1. The summed E-state index contributed by atoms with van der Waals surface area (Å²) in [5, 5.41) is 3.97. The predicted octanol–water partition coefficient (Wildman–Crippen LogP) is 4.00. The maximum Gasteiger partial charge on any atom is 0.277 e. The topological polar surface area (TPSA) is 50.7 Å². The number of hydrogen-bond donors (Lipinski definition) is 1. The molecular weight excluding hydrogens is 352 g/mol. The molecule has 1 N–H and O–H groups in total. The Morgan fingerprint density at radius 2 is 1.92 bits per heavy atom. The number of ether oxygens (including phenoxy) is 1. The average Bonchev–Trinajstić information content (AvgIpc) is 3.17. The van der Waals surface area contributed by atoms with Crippen LogP contribution in [0.4, 0.5) is 0 Å². The lowest BCUT2D eigenvalue weighted by atomic mass is 10.1. The molecule has 1 saturated heterocycles. The van der Waals surface area contributed by atoms with Crippen LogP contribution in [0.3, 0.4) is 0 Å². The fourth-order valence-electron chi connectivity index (χ4n) is 2.36. The summed E-state index contributed by atoms with van der Waals surface area (Å²) in [6.45, 7) is 1.94. The number of nitrogens with one attached hydrogen (secondary N) is 1. The van der Waals surface area contributed by atoms with Crippen molar-refractivity contribution in [2.24, 2.45) is 5.10 Å². The van der Waals surface area contributed by atoms with Crippen molar-refractivity contribution in [3.63, 3.8) is 0 Å². The molecule has 0 unspecified atom stereocenters. The summed E-state index contributed by atoms with van der Waals surface area (Å²) in [5.74, 6) is 2.82. The molecule has 3 rings (SSSR count). The highest BCUT2D eigenvalue weighted by molar-refractivity contribution is 8.19. The number of aryl methyl sites for hydroxylation is 1. The molecule has 0 radical (unpaired) electrons. The molecule has 1 aliphatic heterocycles. The standard InChI is InChI=1S/C19H20N2O2S2/c1-14-4-2-3-5-16(14)12-20-21-18(22)13-23-17-8-6-15(7-9-17)19-24-10-11-25-19/h2-9,12,19H,10-11,13H2,1H3,(H,21,22)/b20-12-. The highest BCUT2D eigenvalue weighted by Gasteiger charge is 2.17. The Morgan fingerprint density at radius 1 is 1.20 bits per heavy atom. The number of hydrazone groups is 1. The summed E-state index contributed by atoms with van der Waals surface area (Å²) < 4.78 is 6.03. The lowest BCUT2D eigenvalue weighted by Crippen LogP contribution is -2.24. The Bertz CT molecular complexity index is 741. The van der Waals surface area contributed by atoms with E-state index in [1.54, 1.807) is 6.21 Å². The summed E-state index contributed by atoms with van der Waals surface area (Å²) in [4.78, 5) is 11.8. The van der Waals surface area contributed by atoms with Crippen LogP contribution in [0.5, 0.6) is 5.75 Å². The lowest BCUT2D eigenvalue weighted by molar-refractivity contribution is -0.123. The first-order chi connectivity index (χ1) is 12.2. The first-order valence-corrected chi connectivity index (χ1v) is 10.2. The van der Waals surface area contributed by atoms with Crippen molar-refractivity contribution in [1.29, 1.82) is 0 Å². The normalized spacial score (nSPS) is 14.8. The maximum absolute atomic E-state index is 11.8. The summed E-state index contributed by atoms with van der Waals surface area (Å²) >= 11 is 3.94. The van der Waals surface area contributed by atoms with Crippen LogP contribution in [-0.2, 0) is 4.79 Å². The number of nitrogens with zero attached hydrogens (tertiary/aromatic N) is 1. The highest BCUT2D eigenvalue weighted by Crippen LogP contribution is 2.45. The second-order valence-corrected chi connectivity index (χ2v) is 8.31. The number of amides is 1. The molecule has 0 saturated carbocycles. The summed E-state index contributed by atoms with van der Waals surface area (Å²) in [7, 11) is 0. The molecule has 2 aromatic carbocycles. The van der Waals surface area contributed by atoms with E-state index in [4.69, 9.17) is 4.74 Å². The third-order valence-electron chi connectivity index (χ3n) is 3.73. The summed E-state index contributed by atoms with van der Waals surface area (Å²) in [6.07, 6.45) is 1.64. The van der Waals surface area contributed by atoms with Gasteiger partial charge in [-0.05, 0) is 35.7 Å². The van der Waals surface area contributed by atoms with Crippen LogP contribution < -0.4 is 10.2 Å². The van der Waals surface area contributed by atoms with Crippen molar-refractivity contribution in [2.45, 2.75) is 11.5 Å². The zero-order valence-electron chi connectivity index (χ0n) is 14.0. The first-order valence-electron chi connectivity index (χ1n) is 8.06. The molecule has 0 aliphatic carbocycles. The van der Waals surface area contributed by atoms with Gasteiger partial charge in [0.05, 0.1) is 10.8 Å². The van der Waals surface area contributed by atoms with Crippen LogP contribution in [-0.4, -0.2) is 30.2 Å². The fourth-order valence-corrected chi connectivity index (χ4v) is 5.22. The Labute approximate surface area is 156 Å². The third kappa shape index (κ3) is 5.28. The molecule has 0 bridgehead atoms. The van der Waals surface area contributed by atoms with Crippen molar-refractivity contribution >= 4 is 35.6 Å². The van der Waals surface area contributed by atoms with Gasteiger partial charge in [0, 0.05) is 11.5 Å². The Balaban J connectivity index is 1.45. The van der Waals surface area contributed by atoms with Gasteiger partial charge in [-0.1, -0.05) is 36.4 Å². The van der Waals surface area contributed by atoms with E-state index in [1.807, 2.05) is 66.8 Å². The Morgan fingerprint density at radius 3 is 2.64 bits per heavy atom. The van der Waals surface area contributed by atoms with Crippen molar-refractivity contribution in [3.05, 3.63) is 65.2 Å². The quantitative estimate of drug-likeness (QED) is 0.615. The van der Waals surface area contributed by atoms with Gasteiger partial charge in [0.2, 0.25) is 0 Å². The molecule has 25 heavy (non-hydrogen) atoms. The number of hydrogen-bond acceptors (Lipinski definition) is 5. The van der Waals surface area contributed by atoms with Crippen LogP contribution in [0.1, 0.15) is 21.3 Å².